The molecule has 0 aromatic heterocycles. The van der Waals surface area contributed by atoms with Crippen LogP contribution in [0, 0.1) is 5.82 Å². The molecule has 2 heterocycles. The number of ether oxygens (including phenoxy) is 1. The number of carbonyl (C=O) groups excluding carboxylic acids is 4. The third-order valence-corrected chi connectivity index (χ3v) is 5.94. The number of allylic oxidation sites excluding steroid dienone is 1. The summed E-state index contributed by atoms with van der Waals surface area (Å²) in [7, 11) is 0. The van der Waals surface area contributed by atoms with Crippen LogP contribution < -0.4 is 0 Å². The number of hydrogen-bond acceptors (Lipinski definition) is 5. The summed E-state index contributed by atoms with van der Waals surface area (Å²) in [5, 5.41) is 0. The maximum absolute atomic E-state index is 13.8. The highest BCUT2D eigenvalue weighted by molar-refractivity contribution is 5.97. The summed E-state index contributed by atoms with van der Waals surface area (Å²) in [5.41, 5.74) is 1.10. The monoisotopic (exact) mass is 445 g/mol. The molecular formula is C23H28FN3O5. The van der Waals surface area contributed by atoms with Crippen LogP contribution in [0.25, 0.3) is 0 Å². The molecule has 3 rings (SSSR count). The summed E-state index contributed by atoms with van der Waals surface area (Å²) in [4.78, 5) is 54.7. The smallest absolute Gasteiger partial charge is 0.336 e. The summed E-state index contributed by atoms with van der Waals surface area (Å²) in [6.45, 7) is 6.39. The van der Waals surface area contributed by atoms with Gasteiger partial charge in [-0.25, -0.2) is 9.18 Å². The van der Waals surface area contributed by atoms with Crippen molar-refractivity contribution in [1.82, 2.24) is 14.7 Å². The van der Waals surface area contributed by atoms with Crippen molar-refractivity contribution in [3.63, 3.8) is 0 Å². The van der Waals surface area contributed by atoms with Crippen molar-refractivity contribution in [2.24, 2.45) is 0 Å². The van der Waals surface area contributed by atoms with Gasteiger partial charge in [0.1, 0.15) is 12.4 Å². The van der Waals surface area contributed by atoms with Crippen molar-refractivity contribution in [1.29, 1.82) is 0 Å². The van der Waals surface area contributed by atoms with Gasteiger partial charge in [0.05, 0.1) is 12.2 Å². The van der Waals surface area contributed by atoms with Gasteiger partial charge >= 0.3 is 5.97 Å². The van der Waals surface area contributed by atoms with Crippen molar-refractivity contribution in [3.8, 4) is 0 Å². The zero-order valence-electron chi connectivity index (χ0n) is 18.6. The second-order valence-corrected chi connectivity index (χ2v) is 7.90. The number of nitrogens with zero attached hydrogens (tertiary/aromatic N) is 3. The van der Waals surface area contributed by atoms with E-state index < -0.39 is 17.7 Å². The van der Waals surface area contributed by atoms with Crippen molar-refractivity contribution in [2.75, 3.05) is 39.3 Å². The average Bonchev–Trinajstić information content (AvgIpc) is 2.76. The fraction of sp³-hybridized carbons (Fsp3) is 0.478. The Morgan fingerprint density at radius 1 is 1.12 bits per heavy atom. The van der Waals surface area contributed by atoms with E-state index in [1.165, 1.54) is 30.0 Å². The van der Waals surface area contributed by atoms with Gasteiger partial charge in [-0.2, -0.15) is 0 Å². The number of amides is 3. The molecule has 1 unspecified atom stereocenters. The quantitative estimate of drug-likeness (QED) is 0.644. The molecule has 2 aliphatic heterocycles. The van der Waals surface area contributed by atoms with Crippen molar-refractivity contribution < 1.29 is 28.3 Å². The highest BCUT2D eigenvalue weighted by Gasteiger charge is 2.38. The average molecular weight is 445 g/mol. The van der Waals surface area contributed by atoms with Crippen LogP contribution in [0.2, 0.25) is 0 Å². The highest BCUT2D eigenvalue weighted by atomic mass is 19.1. The van der Waals surface area contributed by atoms with Crippen LogP contribution >= 0.6 is 0 Å². The van der Waals surface area contributed by atoms with Crippen LogP contribution in [0.15, 0.2) is 35.5 Å². The Bertz CT molecular complexity index is 953. The zero-order valence-corrected chi connectivity index (χ0v) is 18.6. The van der Waals surface area contributed by atoms with Crippen molar-refractivity contribution in [2.45, 2.75) is 33.1 Å². The first-order valence-electron chi connectivity index (χ1n) is 10.7. The second kappa shape index (κ2) is 9.93. The third kappa shape index (κ3) is 4.98. The van der Waals surface area contributed by atoms with E-state index in [1.54, 1.807) is 29.7 Å². The van der Waals surface area contributed by atoms with Gasteiger partial charge in [0.2, 0.25) is 17.7 Å². The molecular weight excluding hydrogens is 417 g/mol. The van der Waals surface area contributed by atoms with Crippen LogP contribution in [0.1, 0.15) is 38.7 Å². The van der Waals surface area contributed by atoms with E-state index in [9.17, 15) is 23.6 Å². The molecule has 32 heavy (non-hydrogen) atoms. The van der Waals surface area contributed by atoms with E-state index in [2.05, 4.69) is 0 Å². The van der Waals surface area contributed by atoms with E-state index in [0.717, 1.165) is 0 Å². The Morgan fingerprint density at radius 2 is 1.78 bits per heavy atom. The topological polar surface area (TPSA) is 87.2 Å². The Kier molecular flexibility index (Phi) is 7.27. The summed E-state index contributed by atoms with van der Waals surface area (Å²) >= 11 is 0. The molecule has 9 heteroatoms. The predicted molar refractivity (Wildman–Crippen MR) is 114 cm³/mol. The molecule has 2 aliphatic rings. The maximum atomic E-state index is 13.8. The van der Waals surface area contributed by atoms with E-state index in [1.807, 2.05) is 0 Å². The van der Waals surface area contributed by atoms with Crippen LogP contribution in [-0.4, -0.2) is 77.7 Å². The Morgan fingerprint density at radius 3 is 2.38 bits per heavy atom. The Hall–Kier alpha value is -3.23. The van der Waals surface area contributed by atoms with Gasteiger partial charge in [-0.1, -0.05) is 12.1 Å². The molecule has 0 radical (unpaired) electrons. The van der Waals surface area contributed by atoms with Crippen molar-refractivity contribution >= 4 is 23.7 Å². The number of esters is 1. The van der Waals surface area contributed by atoms with Gasteiger partial charge in [0, 0.05) is 51.1 Å². The molecule has 1 aromatic rings. The first-order chi connectivity index (χ1) is 15.2. The van der Waals surface area contributed by atoms with Crippen LogP contribution in [0.3, 0.4) is 0 Å². The molecule has 3 amide bonds. The number of hydrogen-bond donors (Lipinski definition) is 0. The molecule has 0 N–H and O–H groups in total. The minimum Gasteiger partial charge on any atom is -0.463 e. The normalized spacial score (nSPS) is 19.3. The van der Waals surface area contributed by atoms with Gasteiger partial charge in [-0.15, -0.1) is 0 Å². The Balaban J connectivity index is 1.85. The van der Waals surface area contributed by atoms with Gasteiger partial charge in [-0.05, 0) is 31.5 Å². The number of benzene rings is 1. The largest absolute Gasteiger partial charge is 0.463 e. The fourth-order valence-electron chi connectivity index (χ4n) is 4.19. The standard InChI is InChI=1S/C23H28FN3O5/c1-4-32-23(31)22-15(2)27(14-21(30)26-10-8-25(9-11-26)16(3)28)20(29)13-19(22)17-6-5-7-18(24)12-17/h5-7,12,19H,4,8-11,13-14H2,1-3H3. The zero-order chi connectivity index (χ0) is 23.4. The molecule has 172 valence electrons. The summed E-state index contributed by atoms with van der Waals surface area (Å²) < 4.78 is 19.0. The number of piperazine rings is 1. The number of carbonyl (C=O) groups is 4. The lowest BCUT2D eigenvalue weighted by Crippen LogP contribution is -2.53. The second-order valence-electron chi connectivity index (χ2n) is 7.90. The molecule has 8 nitrogen and oxygen atoms in total. The molecule has 0 saturated carbocycles. The molecule has 1 atom stereocenters. The van der Waals surface area contributed by atoms with Crippen LogP contribution in [0.5, 0.6) is 0 Å². The van der Waals surface area contributed by atoms with Crippen LogP contribution in [-0.2, 0) is 23.9 Å². The lowest BCUT2D eigenvalue weighted by molar-refractivity contribution is -0.143. The predicted octanol–water partition coefficient (Wildman–Crippen LogP) is 1.67. The van der Waals surface area contributed by atoms with Gasteiger partial charge in [0.25, 0.3) is 0 Å². The first kappa shape index (κ1) is 23.4. The van der Waals surface area contributed by atoms with Gasteiger partial charge < -0.3 is 19.4 Å². The van der Waals surface area contributed by atoms with Gasteiger partial charge in [-0.3, -0.25) is 14.4 Å². The summed E-state index contributed by atoms with van der Waals surface area (Å²) in [6, 6.07) is 5.80. The van der Waals surface area contributed by atoms with Gasteiger partial charge in [0.15, 0.2) is 0 Å². The first-order valence-corrected chi connectivity index (χ1v) is 10.7. The molecule has 1 fully saturated rings. The summed E-state index contributed by atoms with van der Waals surface area (Å²) in [6.07, 6.45) is -0.0691. The molecule has 0 spiro atoms. The fourth-order valence-corrected chi connectivity index (χ4v) is 4.19. The summed E-state index contributed by atoms with van der Waals surface area (Å²) in [5.74, 6) is -2.31. The van der Waals surface area contributed by atoms with E-state index in [-0.39, 0.29) is 42.9 Å². The number of halogens is 1. The molecule has 1 saturated heterocycles. The van der Waals surface area contributed by atoms with Crippen molar-refractivity contribution in [3.05, 3.63) is 46.9 Å². The number of rotatable bonds is 5. The Labute approximate surface area is 186 Å². The maximum Gasteiger partial charge on any atom is 0.336 e. The van der Waals surface area contributed by atoms with Crippen LogP contribution in [0.4, 0.5) is 4.39 Å². The lowest BCUT2D eigenvalue weighted by atomic mass is 9.83. The SMILES string of the molecule is CCOC(=O)C1=C(C)N(CC(=O)N2CCN(C(C)=O)CC2)C(=O)CC1c1cccc(F)c1. The van der Waals surface area contributed by atoms with E-state index in [4.69, 9.17) is 4.74 Å². The molecule has 0 aliphatic carbocycles. The highest BCUT2D eigenvalue weighted by Crippen LogP contribution is 2.37. The minimum absolute atomic E-state index is 0.0375. The van der Waals surface area contributed by atoms with E-state index in [0.29, 0.717) is 37.4 Å². The third-order valence-electron chi connectivity index (χ3n) is 5.94. The molecule has 0 bridgehead atoms. The lowest BCUT2D eigenvalue weighted by Gasteiger charge is -2.37. The molecule has 1 aromatic carbocycles. The van der Waals surface area contributed by atoms with E-state index >= 15 is 0 Å². The minimum atomic E-state index is -0.650.